The van der Waals surface area contributed by atoms with E-state index >= 15 is 0 Å². The quantitative estimate of drug-likeness (QED) is 0.183. The highest BCUT2D eigenvalue weighted by atomic mass is 16.3. The van der Waals surface area contributed by atoms with Crippen LogP contribution in [0.25, 0.3) is 66.0 Å². The van der Waals surface area contributed by atoms with Crippen molar-refractivity contribution in [3.05, 3.63) is 227 Å². The molecule has 2 bridgehead atoms. The third-order valence-electron chi connectivity index (χ3n) is 12.6. The number of benzene rings is 8. The zero-order chi connectivity index (χ0) is 36.6. The fourth-order valence-corrected chi connectivity index (χ4v) is 10.5. The number of hydrogen-bond acceptors (Lipinski definition) is 4. The Labute approximate surface area is 321 Å². The van der Waals surface area contributed by atoms with Crippen molar-refractivity contribution in [3.8, 4) is 11.3 Å². The Morgan fingerprint density at radius 3 is 1.50 bits per heavy atom. The van der Waals surface area contributed by atoms with Gasteiger partial charge >= 0.3 is 0 Å². The van der Waals surface area contributed by atoms with Gasteiger partial charge in [0.1, 0.15) is 33.6 Å². The number of hydrogen-bond donors (Lipinski definition) is 0. The summed E-state index contributed by atoms with van der Waals surface area (Å²) in [5.41, 5.74) is 13.3. The number of para-hydroxylation sites is 2. The fourth-order valence-electron chi connectivity index (χ4n) is 10.5. The van der Waals surface area contributed by atoms with Crippen LogP contribution in [-0.2, 0) is 10.8 Å². The maximum absolute atomic E-state index is 6.56. The summed E-state index contributed by atoms with van der Waals surface area (Å²) in [6.45, 7) is 0. The van der Waals surface area contributed by atoms with Crippen molar-refractivity contribution < 1.29 is 8.83 Å². The van der Waals surface area contributed by atoms with Gasteiger partial charge < -0.3 is 8.83 Å². The van der Waals surface area contributed by atoms with E-state index in [-0.39, 0.29) is 0 Å². The first-order valence-electron chi connectivity index (χ1n) is 19.2. The number of rotatable bonds is 3. The van der Waals surface area contributed by atoms with Crippen LogP contribution in [0.1, 0.15) is 44.8 Å². The topological polar surface area (TPSA) is 52.1 Å². The molecule has 0 atom stereocenters. The molecule has 0 saturated carbocycles. The molecule has 11 aromatic rings. The molecule has 56 heavy (non-hydrogen) atoms. The lowest BCUT2D eigenvalue weighted by molar-refractivity contribution is 0.539. The SMILES string of the molecule is c1ccc(-c2nc(C34c5ccccc5C(c5cccc6oc7ccccc7c56)(c5ccccc53)c3ccccc34)nc3cc4c(cc23)oc2ccccc24)cc1. The second kappa shape index (κ2) is 10.7. The van der Waals surface area contributed by atoms with Gasteiger partial charge in [-0.15, -0.1) is 0 Å². The molecule has 8 aromatic carbocycles. The lowest BCUT2D eigenvalue weighted by Gasteiger charge is -2.56. The number of nitrogens with zero attached hydrogens (tertiary/aromatic N) is 2. The second-order valence-corrected chi connectivity index (χ2v) is 15.1. The van der Waals surface area contributed by atoms with Crippen molar-refractivity contribution in [1.82, 2.24) is 9.97 Å². The Morgan fingerprint density at radius 1 is 0.339 bits per heavy atom. The Morgan fingerprint density at radius 2 is 0.839 bits per heavy atom. The average molecular weight is 715 g/mol. The lowest BCUT2D eigenvalue weighted by Crippen LogP contribution is -2.52. The van der Waals surface area contributed by atoms with Gasteiger partial charge in [0.15, 0.2) is 0 Å². The van der Waals surface area contributed by atoms with Crippen molar-refractivity contribution in [2.24, 2.45) is 0 Å². The highest BCUT2D eigenvalue weighted by molar-refractivity contribution is 6.12. The van der Waals surface area contributed by atoms with Gasteiger partial charge in [-0.05, 0) is 69.3 Å². The zero-order valence-electron chi connectivity index (χ0n) is 30.0. The predicted octanol–water partition coefficient (Wildman–Crippen LogP) is 12.5. The first-order valence-corrected chi connectivity index (χ1v) is 19.2. The van der Waals surface area contributed by atoms with E-state index in [9.17, 15) is 0 Å². The van der Waals surface area contributed by atoms with E-state index in [4.69, 9.17) is 18.8 Å². The summed E-state index contributed by atoms with van der Waals surface area (Å²) in [5.74, 6) is 0.753. The predicted molar refractivity (Wildman–Crippen MR) is 223 cm³/mol. The molecule has 0 amide bonds. The van der Waals surface area contributed by atoms with E-state index in [1.54, 1.807) is 0 Å². The summed E-state index contributed by atoms with van der Waals surface area (Å²) in [4.78, 5) is 11.4. The molecule has 3 aliphatic rings. The van der Waals surface area contributed by atoms with Crippen molar-refractivity contribution in [2.45, 2.75) is 10.8 Å². The number of fused-ring (bicyclic) bond motifs is 7. The summed E-state index contributed by atoms with van der Waals surface area (Å²) in [7, 11) is 0. The third-order valence-corrected chi connectivity index (χ3v) is 12.6. The van der Waals surface area contributed by atoms with E-state index in [1.165, 1.54) is 38.9 Å². The summed E-state index contributed by atoms with van der Waals surface area (Å²) < 4.78 is 13.0. The van der Waals surface area contributed by atoms with E-state index in [0.717, 1.165) is 71.9 Å². The molecule has 0 saturated heterocycles. The molecule has 0 aliphatic heterocycles. The van der Waals surface area contributed by atoms with Crippen LogP contribution in [0.2, 0.25) is 0 Å². The van der Waals surface area contributed by atoms with Crippen LogP contribution in [0, 0.1) is 0 Å². The summed E-state index contributed by atoms with van der Waals surface area (Å²) >= 11 is 0. The number of aromatic nitrogens is 2. The maximum Gasteiger partial charge on any atom is 0.149 e. The molecule has 0 radical (unpaired) electrons. The summed E-state index contributed by atoms with van der Waals surface area (Å²) in [6.07, 6.45) is 0. The molecule has 4 nitrogen and oxygen atoms in total. The largest absolute Gasteiger partial charge is 0.456 e. The van der Waals surface area contributed by atoms with Gasteiger partial charge in [0.2, 0.25) is 0 Å². The van der Waals surface area contributed by atoms with E-state index in [2.05, 4.69) is 164 Å². The average Bonchev–Trinajstić information content (AvgIpc) is 3.83. The standard InChI is InChI=1S/C52H30N2O2/c1-2-15-31(16-3-1)49-35-30-47-34(32-17-4-12-26-44(32)56-47)29-43(35)53-50(54-49)52-39-22-9-6-19-36(39)51(37-20-7-10-23-40(37)52,38-21-8-11-24-41(38)52)42-25-14-28-46-48(42)33-18-5-13-27-45(33)55-46/h1-30H. The Balaban J connectivity index is 1.21. The zero-order valence-corrected chi connectivity index (χ0v) is 30.0. The minimum atomic E-state index is -0.816. The third kappa shape index (κ3) is 3.55. The van der Waals surface area contributed by atoms with Crippen LogP contribution < -0.4 is 0 Å². The van der Waals surface area contributed by atoms with Gasteiger partial charge in [0.05, 0.1) is 16.6 Å². The fraction of sp³-hybridized carbons (Fsp3) is 0.0385. The molecule has 3 heterocycles. The van der Waals surface area contributed by atoms with Crippen molar-refractivity contribution in [2.75, 3.05) is 0 Å². The molecule has 0 spiro atoms. The van der Waals surface area contributed by atoms with Crippen LogP contribution >= 0.6 is 0 Å². The molecule has 0 N–H and O–H groups in total. The van der Waals surface area contributed by atoms with Crippen LogP contribution in [-0.4, -0.2) is 9.97 Å². The second-order valence-electron chi connectivity index (χ2n) is 15.1. The van der Waals surface area contributed by atoms with Crippen LogP contribution in [0.3, 0.4) is 0 Å². The van der Waals surface area contributed by atoms with Crippen molar-refractivity contribution in [3.63, 3.8) is 0 Å². The van der Waals surface area contributed by atoms with Gasteiger partial charge in [0.25, 0.3) is 0 Å². The molecule has 3 aromatic heterocycles. The van der Waals surface area contributed by atoms with E-state index in [1.807, 2.05) is 18.2 Å². The minimum Gasteiger partial charge on any atom is -0.456 e. The van der Waals surface area contributed by atoms with Crippen LogP contribution in [0.4, 0.5) is 0 Å². The van der Waals surface area contributed by atoms with Crippen molar-refractivity contribution >= 4 is 54.8 Å². The molecule has 0 fully saturated rings. The molecule has 0 unspecified atom stereocenters. The van der Waals surface area contributed by atoms with Gasteiger partial charge in [0, 0.05) is 32.5 Å². The highest BCUT2D eigenvalue weighted by Gasteiger charge is 2.61. The van der Waals surface area contributed by atoms with Gasteiger partial charge in [-0.2, -0.15) is 0 Å². The van der Waals surface area contributed by atoms with Gasteiger partial charge in [-0.25, -0.2) is 9.97 Å². The van der Waals surface area contributed by atoms with E-state index in [0.29, 0.717) is 0 Å². The Hall–Kier alpha value is -7.30. The molecular formula is C52H30N2O2. The molecule has 4 heteroatoms. The summed E-state index contributed by atoms with van der Waals surface area (Å²) in [5, 5.41) is 5.33. The molecule has 14 rings (SSSR count). The van der Waals surface area contributed by atoms with E-state index < -0.39 is 10.8 Å². The molecular weight excluding hydrogens is 685 g/mol. The monoisotopic (exact) mass is 714 g/mol. The first kappa shape index (κ1) is 30.1. The molecule has 3 aliphatic carbocycles. The van der Waals surface area contributed by atoms with Crippen LogP contribution in [0.15, 0.2) is 191 Å². The highest BCUT2D eigenvalue weighted by Crippen LogP contribution is 2.66. The first-order chi connectivity index (χ1) is 27.8. The normalized spacial score (nSPS) is 18.1. The van der Waals surface area contributed by atoms with Crippen molar-refractivity contribution in [1.29, 1.82) is 0 Å². The van der Waals surface area contributed by atoms with Gasteiger partial charge in [-0.1, -0.05) is 152 Å². The Bertz CT molecular complexity index is 3330. The minimum absolute atomic E-state index is 0.640. The van der Waals surface area contributed by atoms with Gasteiger partial charge in [-0.3, -0.25) is 0 Å². The molecule has 260 valence electrons. The number of furan rings is 2. The lowest BCUT2D eigenvalue weighted by atomic mass is 9.45. The van der Waals surface area contributed by atoms with Crippen LogP contribution in [0.5, 0.6) is 0 Å². The Kier molecular flexibility index (Phi) is 5.73. The smallest absolute Gasteiger partial charge is 0.149 e. The maximum atomic E-state index is 6.56. The summed E-state index contributed by atoms with van der Waals surface area (Å²) in [6, 6.07) is 65.1.